The van der Waals surface area contributed by atoms with Crippen molar-refractivity contribution in [3.63, 3.8) is 0 Å². The number of carbonyl (C=O) groups is 1. The predicted octanol–water partition coefficient (Wildman–Crippen LogP) is 5.96. The van der Waals surface area contributed by atoms with Crippen LogP contribution in [0.2, 0.25) is 0 Å². The lowest BCUT2D eigenvalue weighted by Crippen LogP contribution is -2.12. The van der Waals surface area contributed by atoms with Crippen molar-refractivity contribution >= 4 is 22.4 Å². The van der Waals surface area contributed by atoms with Gasteiger partial charge in [0.25, 0.3) is 5.91 Å². The van der Waals surface area contributed by atoms with Crippen LogP contribution in [-0.4, -0.2) is 18.0 Å². The van der Waals surface area contributed by atoms with Crippen molar-refractivity contribution < 1.29 is 14.3 Å². The minimum Gasteiger partial charge on any atom is -0.493 e. The van der Waals surface area contributed by atoms with Crippen LogP contribution in [0.15, 0.2) is 78.2 Å². The van der Waals surface area contributed by atoms with Crippen LogP contribution < -0.4 is 14.8 Å². The Bertz CT molecular complexity index is 1170. The maximum Gasteiger partial charge on any atom is 0.257 e. The first-order valence-corrected chi connectivity index (χ1v) is 10.7. The van der Waals surface area contributed by atoms with Gasteiger partial charge in [-0.05, 0) is 30.7 Å². The van der Waals surface area contributed by atoms with Gasteiger partial charge in [-0.3, -0.25) is 10.1 Å². The van der Waals surface area contributed by atoms with E-state index in [2.05, 4.69) is 10.3 Å². The predicted molar refractivity (Wildman–Crippen MR) is 124 cm³/mol. The number of amides is 1. The van der Waals surface area contributed by atoms with Gasteiger partial charge in [-0.2, -0.15) is 0 Å². The van der Waals surface area contributed by atoms with Gasteiger partial charge < -0.3 is 9.47 Å². The molecule has 0 atom stereocenters. The summed E-state index contributed by atoms with van der Waals surface area (Å²) in [5, 5.41) is 5.34. The molecular weight excluding hydrogens is 408 g/mol. The Balaban J connectivity index is 1.44. The minimum absolute atomic E-state index is 0.252. The first kappa shape index (κ1) is 20.6. The Hall–Kier alpha value is -3.64. The summed E-state index contributed by atoms with van der Waals surface area (Å²) in [6, 6.07) is 23.1. The molecule has 1 aromatic heterocycles. The standard InChI is InChI=1S/C25H22N2O3S/c1-17-8-10-19(11-9-17)21-16-31-25(26-21)27-24(28)20-12-13-22(23(14-20)29-2)30-15-18-6-4-3-5-7-18/h3-14,16H,15H2,1-2H3,(H,26,27,28). The topological polar surface area (TPSA) is 60.5 Å². The number of benzene rings is 3. The number of nitrogens with zero attached hydrogens (tertiary/aromatic N) is 1. The highest BCUT2D eigenvalue weighted by atomic mass is 32.1. The molecule has 0 spiro atoms. The van der Waals surface area contributed by atoms with Crippen molar-refractivity contribution in [3.8, 4) is 22.8 Å². The van der Waals surface area contributed by atoms with Crippen LogP contribution in [0.25, 0.3) is 11.3 Å². The molecule has 0 aliphatic heterocycles. The van der Waals surface area contributed by atoms with Gasteiger partial charge in [0.15, 0.2) is 16.6 Å². The SMILES string of the molecule is COc1cc(C(=O)Nc2nc(-c3ccc(C)cc3)cs2)ccc1OCc1ccccc1. The molecule has 1 N–H and O–H groups in total. The zero-order valence-corrected chi connectivity index (χ0v) is 18.1. The summed E-state index contributed by atoms with van der Waals surface area (Å²) in [5.41, 5.74) is 4.57. The molecule has 0 aliphatic rings. The van der Waals surface area contributed by atoms with Crippen molar-refractivity contribution in [1.29, 1.82) is 0 Å². The van der Waals surface area contributed by atoms with Crippen LogP contribution in [0.5, 0.6) is 11.5 Å². The summed E-state index contributed by atoms with van der Waals surface area (Å²) in [7, 11) is 1.56. The maximum absolute atomic E-state index is 12.7. The van der Waals surface area contributed by atoms with Crippen LogP contribution in [0.4, 0.5) is 5.13 Å². The van der Waals surface area contributed by atoms with Gasteiger partial charge in [-0.15, -0.1) is 11.3 Å². The molecule has 156 valence electrons. The molecule has 0 saturated heterocycles. The summed E-state index contributed by atoms with van der Waals surface area (Å²) < 4.78 is 11.3. The number of anilines is 1. The molecule has 1 amide bonds. The smallest absolute Gasteiger partial charge is 0.257 e. The number of methoxy groups -OCH3 is 1. The Labute approximate surface area is 185 Å². The summed E-state index contributed by atoms with van der Waals surface area (Å²) in [5.74, 6) is 0.833. The quantitative estimate of drug-likeness (QED) is 0.393. The highest BCUT2D eigenvalue weighted by Crippen LogP contribution is 2.30. The van der Waals surface area contributed by atoms with Crippen molar-refractivity contribution in [2.75, 3.05) is 12.4 Å². The molecule has 0 saturated carbocycles. The van der Waals surface area contributed by atoms with Gasteiger partial charge in [-0.1, -0.05) is 60.2 Å². The molecule has 3 aromatic carbocycles. The van der Waals surface area contributed by atoms with E-state index >= 15 is 0 Å². The Morgan fingerprint density at radius 2 is 1.77 bits per heavy atom. The lowest BCUT2D eigenvalue weighted by Gasteiger charge is -2.12. The minimum atomic E-state index is -0.252. The highest BCUT2D eigenvalue weighted by molar-refractivity contribution is 7.14. The number of nitrogens with one attached hydrogen (secondary N) is 1. The zero-order chi connectivity index (χ0) is 21.6. The molecule has 4 rings (SSSR count). The molecule has 0 fully saturated rings. The molecule has 4 aromatic rings. The average Bonchev–Trinajstić information content (AvgIpc) is 3.27. The third-order valence-corrected chi connectivity index (χ3v) is 5.49. The van der Waals surface area contributed by atoms with Crippen LogP contribution in [0.1, 0.15) is 21.5 Å². The number of carbonyl (C=O) groups excluding carboxylic acids is 1. The van der Waals surface area contributed by atoms with Gasteiger partial charge in [0.1, 0.15) is 6.61 Å². The fraction of sp³-hybridized carbons (Fsp3) is 0.120. The van der Waals surface area contributed by atoms with E-state index in [1.165, 1.54) is 16.9 Å². The van der Waals surface area contributed by atoms with Gasteiger partial charge in [0.05, 0.1) is 12.8 Å². The number of hydrogen-bond acceptors (Lipinski definition) is 5. The summed E-state index contributed by atoms with van der Waals surface area (Å²) in [4.78, 5) is 17.3. The Kier molecular flexibility index (Phi) is 6.29. The number of ether oxygens (including phenoxy) is 2. The number of aryl methyl sites for hydroxylation is 1. The zero-order valence-electron chi connectivity index (χ0n) is 17.3. The molecule has 0 radical (unpaired) electrons. The van der Waals surface area contributed by atoms with Gasteiger partial charge in [0, 0.05) is 16.5 Å². The van der Waals surface area contributed by atoms with E-state index in [4.69, 9.17) is 9.47 Å². The van der Waals surface area contributed by atoms with Crippen LogP contribution in [0, 0.1) is 6.92 Å². The van der Waals surface area contributed by atoms with Crippen molar-refractivity contribution in [2.45, 2.75) is 13.5 Å². The molecule has 31 heavy (non-hydrogen) atoms. The average molecular weight is 431 g/mol. The van der Waals surface area contributed by atoms with E-state index in [0.717, 1.165) is 16.8 Å². The van der Waals surface area contributed by atoms with E-state index < -0.39 is 0 Å². The van der Waals surface area contributed by atoms with Crippen molar-refractivity contribution in [1.82, 2.24) is 4.98 Å². The van der Waals surface area contributed by atoms with Crippen LogP contribution in [-0.2, 0) is 6.61 Å². The molecule has 0 bridgehead atoms. The normalized spacial score (nSPS) is 10.5. The summed E-state index contributed by atoms with van der Waals surface area (Å²) >= 11 is 1.39. The lowest BCUT2D eigenvalue weighted by molar-refractivity contribution is 0.102. The second kappa shape index (κ2) is 9.45. The molecule has 0 aliphatic carbocycles. The molecular formula is C25H22N2O3S. The number of aromatic nitrogens is 1. The third kappa shape index (κ3) is 5.10. The summed E-state index contributed by atoms with van der Waals surface area (Å²) in [6.45, 7) is 2.46. The van der Waals surface area contributed by atoms with E-state index in [0.29, 0.717) is 28.8 Å². The van der Waals surface area contributed by atoms with Crippen LogP contribution >= 0.6 is 11.3 Å². The molecule has 1 heterocycles. The Morgan fingerprint density at radius 1 is 1.00 bits per heavy atom. The maximum atomic E-state index is 12.7. The van der Waals surface area contributed by atoms with E-state index in [1.807, 2.05) is 66.9 Å². The van der Waals surface area contributed by atoms with E-state index in [-0.39, 0.29) is 5.91 Å². The van der Waals surface area contributed by atoms with E-state index in [9.17, 15) is 4.79 Å². The number of thiazole rings is 1. The van der Waals surface area contributed by atoms with Crippen molar-refractivity contribution in [2.24, 2.45) is 0 Å². The fourth-order valence-electron chi connectivity index (χ4n) is 3.02. The van der Waals surface area contributed by atoms with Gasteiger partial charge in [0.2, 0.25) is 0 Å². The number of hydrogen-bond donors (Lipinski definition) is 1. The van der Waals surface area contributed by atoms with Gasteiger partial charge in [-0.25, -0.2) is 4.98 Å². The monoisotopic (exact) mass is 430 g/mol. The molecule has 5 nitrogen and oxygen atoms in total. The first-order valence-electron chi connectivity index (χ1n) is 9.81. The molecule has 6 heteroatoms. The fourth-order valence-corrected chi connectivity index (χ4v) is 3.74. The van der Waals surface area contributed by atoms with E-state index in [1.54, 1.807) is 25.3 Å². The Morgan fingerprint density at radius 3 is 2.52 bits per heavy atom. The second-order valence-corrected chi connectivity index (χ2v) is 7.86. The lowest BCUT2D eigenvalue weighted by atomic mass is 10.1. The first-order chi connectivity index (χ1) is 15.1. The molecule has 0 unspecified atom stereocenters. The number of rotatable bonds is 7. The highest BCUT2D eigenvalue weighted by Gasteiger charge is 2.14. The van der Waals surface area contributed by atoms with Gasteiger partial charge >= 0.3 is 0 Å². The largest absolute Gasteiger partial charge is 0.493 e. The third-order valence-electron chi connectivity index (χ3n) is 4.73. The van der Waals surface area contributed by atoms with Crippen molar-refractivity contribution in [3.05, 3.63) is 94.9 Å². The summed E-state index contributed by atoms with van der Waals surface area (Å²) in [6.07, 6.45) is 0. The second-order valence-electron chi connectivity index (χ2n) is 7.00. The van der Waals surface area contributed by atoms with Crippen LogP contribution in [0.3, 0.4) is 0 Å².